The predicted molar refractivity (Wildman–Crippen MR) is 417 cm³/mol. The number of carbonyl (C=O) groups excluding carboxylic acids is 3. The first-order valence-corrected chi connectivity index (χ1v) is 42.8. The quantitative estimate of drug-likeness (QED) is 0.0146. The highest BCUT2D eigenvalue weighted by atomic mass is 31.2. The number of hydrogen-bond donors (Lipinski definition) is 4. The average molecular weight is 1460 g/mol. The Morgan fingerprint density at radius 2 is 0.495 bits per heavy atom. The lowest BCUT2D eigenvalue weighted by Crippen LogP contribution is -2.30. The molecule has 0 spiro atoms. The SMILES string of the molecule is CCCCC/C=C\C/C=C\C/C=C\C/C=C\CCCCCCCCCCCCCC(=O)OCC(O)COP(=O)(O)OCC(O)COP(=O)(O)OCC(COC(=O)CCCCCCCC/C=C\C/C=C\C/C=C\CCCCC)OC(=O)CCCCCCCC/C=C\C/C=C\C/C=C\CCCCC. The van der Waals surface area contributed by atoms with Crippen LogP contribution < -0.4 is 0 Å². The minimum atomic E-state index is -4.94. The Morgan fingerprint density at radius 1 is 0.277 bits per heavy atom. The first kappa shape index (κ1) is 97.0. The normalized spacial score (nSPS) is 14.6. The molecule has 101 heavy (non-hydrogen) atoms. The highest BCUT2D eigenvalue weighted by Crippen LogP contribution is 2.45. The van der Waals surface area contributed by atoms with Crippen molar-refractivity contribution in [1.29, 1.82) is 0 Å². The molecule has 582 valence electrons. The van der Waals surface area contributed by atoms with Gasteiger partial charge in [0.15, 0.2) is 6.10 Å². The molecule has 0 radical (unpaired) electrons. The van der Waals surface area contributed by atoms with Gasteiger partial charge in [0.1, 0.15) is 25.4 Å². The molecule has 0 saturated carbocycles. The summed E-state index contributed by atoms with van der Waals surface area (Å²) >= 11 is 0. The molecule has 0 fully saturated rings. The van der Waals surface area contributed by atoms with Crippen molar-refractivity contribution in [1.82, 2.24) is 0 Å². The van der Waals surface area contributed by atoms with E-state index in [4.69, 9.17) is 32.3 Å². The Balaban J connectivity index is 4.62. The Bertz CT molecular complexity index is 2320. The summed E-state index contributed by atoms with van der Waals surface area (Å²) in [5.74, 6) is -1.60. The number of allylic oxidation sites excluding steroid dienone is 20. The summed E-state index contributed by atoms with van der Waals surface area (Å²) in [5, 5.41) is 20.6. The van der Waals surface area contributed by atoms with Gasteiger partial charge in [-0.25, -0.2) is 9.13 Å². The summed E-state index contributed by atoms with van der Waals surface area (Å²) in [7, 11) is -9.80. The molecular formula is C83H144O16P2. The van der Waals surface area contributed by atoms with Crippen molar-refractivity contribution in [3.05, 3.63) is 122 Å². The van der Waals surface area contributed by atoms with Crippen molar-refractivity contribution < 1.29 is 75.8 Å². The minimum Gasteiger partial charge on any atom is -0.463 e. The van der Waals surface area contributed by atoms with E-state index in [0.29, 0.717) is 19.3 Å². The zero-order valence-corrected chi connectivity index (χ0v) is 65.3. The van der Waals surface area contributed by atoms with Gasteiger partial charge in [-0.15, -0.1) is 0 Å². The molecule has 5 atom stereocenters. The lowest BCUT2D eigenvalue weighted by Gasteiger charge is -2.21. The van der Waals surface area contributed by atoms with Crippen LogP contribution in [0.3, 0.4) is 0 Å². The molecule has 0 amide bonds. The molecule has 5 unspecified atom stereocenters. The number of aliphatic hydroxyl groups is 2. The van der Waals surface area contributed by atoms with E-state index < -0.39 is 91.5 Å². The summed E-state index contributed by atoms with van der Waals surface area (Å²) in [5.41, 5.74) is 0. The number of aliphatic hydroxyl groups excluding tert-OH is 2. The summed E-state index contributed by atoms with van der Waals surface area (Å²) in [6.45, 7) is 2.59. The van der Waals surface area contributed by atoms with E-state index in [9.17, 15) is 43.5 Å². The zero-order chi connectivity index (χ0) is 73.7. The van der Waals surface area contributed by atoms with Crippen LogP contribution in [0.2, 0.25) is 0 Å². The number of phosphoric acid groups is 2. The number of carbonyl (C=O) groups is 3. The first-order valence-electron chi connectivity index (χ1n) is 39.8. The monoisotopic (exact) mass is 1460 g/mol. The Labute approximate surface area is 614 Å². The van der Waals surface area contributed by atoms with Gasteiger partial charge in [-0.05, 0) is 141 Å². The van der Waals surface area contributed by atoms with Crippen molar-refractivity contribution in [2.24, 2.45) is 0 Å². The standard InChI is InChI=1S/C83H144O16P2/c1-4-7-10-13-16-19-22-25-28-31-34-35-36-37-38-39-40-41-44-46-48-51-54-57-60-63-66-69-81(86)93-72-78(84)73-95-100(89,90)96-74-79(85)75-97-101(91,92)98-77-80(99-83(88)71-68-65-62-59-56-53-50-47-43-33-30-27-24-21-18-15-12-9-6-3)76-94-82(87)70-67-64-61-58-55-52-49-45-42-32-29-26-23-20-17-14-11-8-5-2/h16-21,25-30,34-35,37-38,42-43,45,47,78-80,84-85H,4-15,22-24,31-33,36,39-41,44,46,48-77H2,1-3H3,(H,89,90)(H,91,92)/b19-16-,20-17-,21-18-,28-25-,29-26-,30-27-,35-34-,38-37-,45-42-,47-43-. The number of unbranched alkanes of at least 4 members (excludes halogenated alkanes) is 32. The number of ether oxygens (including phenoxy) is 3. The maximum absolute atomic E-state index is 13.0. The van der Waals surface area contributed by atoms with E-state index in [-0.39, 0.29) is 19.3 Å². The van der Waals surface area contributed by atoms with E-state index in [1.165, 1.54) is 109 Å². The maximum atomic E-state index is 13.0. The van der Waals surface area contributed by atoms with Crippen molar-refractivity contribution >= 4 is 33.6 Å². The van der Waals surface area contributed by atoms with Crippen LogP contribution in [0.1, 0.15) is 329 Å². The minimum absolute atomic E-state index is 0.0849. The lowest BCUT2D eigenvalue weighted by atomic mass is 10.0. The molecule has 0 aromatic carbocycles. The molecule has 0 aliphatic rings. The van der Waals surface area contributed by atoms with Gasteiger partial charge in [0.25, 0.3) is 0 Å². The van der Waals surface area contributed by atoms with Crippen molar-refractivity contribution in [2.75, 3.05) is 39.6 Å². The molecule has 0 rings (SSSR count). The van der Waals surface area contributed by atoms with Crippen molar-refractivity contribution in [3.63, 3.8) is 0 Å². The van der Waals surface area contributed by atoms with Gasteiger partial charge >= 0.3 is 33.6 Å². The largest absolute Gasteiger partial charge is 0.472 e. The number of esters is 3. The fourth-order valence-electron chi connectivity index (χ4n) is 10.5. The molecule has 0 aromatic heterocycles. The van der Waals surface area contributed by atoms with Gasteiger partial charge in [-0.3, -0.25) is 32.5 Å². The summed E-state index contributed by atoms with van der Waals surface area (Å²) in [4.78, 5) is 58.7. The van der Waals surface area contributed by atoms with Gasteiger partial charge in [0.2, 0.25) is 0 Å². The van der Waals surface area contributed by atoms with Gasteiger partial charge in [-0.1, -0.05) is 290 Å². The number of phosphoric ester groups is 2. The van der Waals surface area contributed by atoms with Crippen LogP contribution in [0, 0.1) is 0 Å². The zero-order valence-electron chi connectivity index (χ0n) is 63.5. The third kappa shape index (κ3) is 76.9. The van der Waals surface area contributed by atoms with Crippen LogP contribution in [-0.4, -0.2) is 95.9 Å². The van der Waals surface area contributed by atoms with E-state index in [1.807, 2.05) is 0 Å². The molecule has 0 aliphatic heterocycles. The van der Waals surface area contributed by atoms with Crippen LogP contribution in [0.4, 0.5) is 0 Å². The second kappa shape index (κ2) is 75.6. The summed E-state index contributed by atoms with van der Waals surface area (Å²) in [6, 6.07) is 0. The summed E-state index contributed by atoms with van der Waals surface area (Å²) < 4.78 is 61.2. The molecule has 0 aliphatic carbocycles. The molecule has 16 nitrogen and oxygen atoms in total. The number of rotatable bonds is 75. The van der Waals surface area contributed by atoms with Crippen LogP contribution >= 0.6 is 15.6 Å². The molecule has 0 heterocycles. The topological polar surface area (TPSA) is 231 Å². The Kier molecular flexibility index (Phi) is 72.6. The molecule has 0 bridgehead atoms. The smallest absolute Gasteiger partial charge is 0.463 e. The van der Waals surface area contributed by atoms with E-state index in [2.05, 4.69) is 142 Å². The van der Waals surface area contributed by atoms with Crippen LogP contribution in [-0.2, 0) is 55.8 Å². The highest BCUT2D eigenvalue weighted by Gasteiger charge is 2.29. The second-order valence-electron chi connectivity index (χ2n) is 26.5. The third-order valence-corrected chi connectivity index (χ3v) is 18.5. The van der Waals surface area contributed by atoms with Gasteiger partial charge in [0.05, 0.1) is 26.4 Å². The third-order valence-electron chi connectivity index (χ3n) is 16.6. The first-order chi connectivity index (χ1) is 49.2. The van der Waals surface area contributed by atoms with E-state index in [1.54, 1.807) is 0 Å². The fourth-order valence-corrected chi connectivity index (χ4v) is 12.1. The van der Waals surface area contributed by atoms with Gasteiger partial charge < -0.3 is 34.2 Å². The van der Waals surface area contributed by atoms with E-state index in [0.717, 1.165) is 161 Å². The molecule has 18 heteroatoms. The maximum Gasteiger partial charge on any atom is 0.472 e. The van der Waals surface area contributed by atoms with Crippen molar-refractivity contribution in [3.8, 4) is 0 Å². The average Bonchev–Trinajstić information content (AvgIpc) is 3.19. The number of hydrogen-bond acceptors (Lipinski definition) is 14. The van der Waals surface area contributed by atoms with Crippen molar-refractivity contribution in [2.45, 2.75) is 347 Å². The second-order valence-corrected chi connectivity index (χ2v) is 29.4. The van der Waals surface area contributed by atoms with Crippen LogP contribution in [0.15, 0.2) is 122 Å². The molecule has 4 N–H and O–H groups in total. The van der Waals surface area contributed by atoms with Gasteiger partial charge in [0, 0.05) is 19.3 Å². The van der Waals surface area contributed by atoms with Crippen LogP contribution in [0.25, 0.3) is 0 Å². The molecule has 0 aromatic rings. The lowest BCUT2D eigenvalue weighted by molar-refractivity contribution is -0.161. The highest BCUT2D eigenvalue weighted by molar-refractivity contribution is 7.47. The van der Waals surface area contributed by atoms with Gasteiger partial charge in [-0.2, -0.15) is 0 Å². The van der Waals surface area contributed by atoms with Crippen LogP contribution in [0.5, 0.6) is 0 Å². The fraction of sp³-hybridized carbons (Fsp3) is 0.723. The molecular weight excluding hydrogens is 1310 g/mol. The predicted octanol–water partition coefficient (Wildman–Crippen LogP) is 23.3. The molecule has 0 saturated heterocycles. The van der Waals surface area contributed by atoms with E-state index >= 15 is 0 Å². The summed E-state index contributed by atoms with van der Waals surface area (Å²) in [6.07, 6.45) is 89.4. The Morgan fingerprint density at radius 3 is 0.782 bits per heavy atom. The Hall–Kier alpha value is -4.05.